The van der Waals surface area contributed by atoms with E-state index in [0.717, 1.165) is 49.1 Å². The van der Waals surface area contributed by atoms with Crippen LogP contribution in [0.15, 0.2) is 40.7 Å². The largest absolute Gasteiger partial charge is 0.497 e. The summed E-state index contributed by atoms with van der Waals surface area (Å²) in [4.78, 5) is 27.1. The molecule has 0 spiro atoms. The second-order valence-corrected chi connectivity index (χ2v) is 10.2. The molecule has 0 bridgehead atoms. The third-order valence-electron chi connectivity index (χ3n) is 7.03. The highest BCUT2D eigenvalue weighted by molar-refractivity contribution is 6.04. The van der Waals surface area contributed by atoms with E-state index in [0.29, 0.717) is 29.1 Å². The van der Waals surface area contributed by atoms with E-state index in [1.807, 2.05) is 25.1 Å². The number of allylic oxidation sites excluding steroid dienone is 3. The summed E-state index contributed by atoms with van der Waals surface area (Å²) in [6.45, 7) is 6.10. The molecule has 33 heavy (non-hydrogen) atoms. The summed E-state index contributed by atoms with van der Waals surface area (Å²) >= 11 is 0. The first-order valence-corrected chi connectivity index (χ1v) is 11.9. The molecule has 1 aromatic carbocycles. The Bertz CT molecular complexity index is 1010. The molecule has 4 rings (SSSR count). The number of ether oxygens (including phenoxy) is 3. The van der Waals surface area contributed by atoms with Crippen LogP contribution in [0.4, 0.5) is 0 Å². The lowest BCUT2D eigenvalue weighted by Crippen LogP contribution is -2.39. The van der Waals surface area contributed by atoms with E-state index in [1.54, 1.807) is 14.2 Å². The second kappa shape index (κ2) is 9.24. The van der Waals surface area contributed by atoms with Crippen molar-refractivity contribution in [1.29, 1.82) is 0 Å². The van der Waals surface area contributed by atoms with E-state index in [9.17, 15) is 9.59 Å². The van der Waals surface area contributed by atoms with Gasteiger partial charge in [0.05, 0.1) is 25.7 Å². The van der Waals surface area contributed by atoms with Gasteiger partial charge in [0.15, 0.2) is 5.78 Å². The zero-order valence-electron chi connectivity index (χ0n) is 20.4. The fourth-order valence-electron chi connectivity index (χ4n) is 5.48. The normalized spacial score (nSPS) is 23.1. The summed E-state index contributed by atoms with van der Waals surface area (Å²) < 4.78 is 17.2. The van der Waals surface area contributed by atoms with Crippen molar-refractivity contribution in [2.75, 3.05) is 14.2 Å². The van der Waals surface area contributed by atoms with Gasteiger partial charge in [0, 0.05) is 29.0 Å². The number of ketones is 1. The maximum Gasteiger partial charge on any atom is 0.337 e. The summed E-state index contributed by atoms with van der Waals surface area (Å²) in [6, 6.07) is 5.52. The number of esters is 1. The maximum absolute atomic E-state index is 13.6. The van der Waals surface area contributed by atoms with Gasteiger partial charge in [-0.2, -0.15) is 0 Å². The number of carbonyl (C=O) groups excluding carboxylic acids is 2. The molecule has 1 aromatic rings. The number of hydrogen-bond acceptors (Lipinski definition) is 6. The van der Waals surface area contributed by atoms with Crippen LogP contribution in [0.1, 0.15) is 77.2 Å². The highest BCUT2D eigenvalue weighted by Gasteiger charge is 2.44. The number of nitrogens with one attached hydrogen (secondary N) is 1. The molecule has 6 nitrogen and oxygen atoms in total. The standard InChI is InChI=1S/C27H35NO5/c1-16-23(26(30)33-17-9-7-6-8-10-17)24(19-13-18(31-4)11-12-22(19)32-5)25-20(28-16)14-27(2,3)15-21(25)29/h11-13,17,24,28H,6-10,14-15H2,1-5H3/t24-/m0/s1. The van der Waals surface area contributed by atoms with Crippen LogP contribution < -0.4 is 14.8 Å². The first-order valence-electron chi connectivity index (χ1n) is 11.9. The lowest BCUT2D eigenvalue weighted by molar-refractivity contribution is -0.146. The molecule has 1 N–H and O–H groups in total. The third-order valence-corrected chi connectivity index (χ3v) is 7.03. The van der Waals surface area contributed by atoms with Crippen LogP contribution in [0.25, 0.3) is 0 Å². The minimum Gasteiger partial charge on any atom is -0.497 e. The van der Waals surface area contributed by atoms with E-state index in [-0.39, 0.29) is 23.3 Å². The highest BCUT2D eigenvalue weighted by Crippen LogP contribution is 2.49. The van der Waals surface area contributed by atoms with Crippen LogP contribution in [0.5, 0.6) is 11.5 Å². The van der Waals surface area contributed by atoms with E-state index >= 15 is 0 Å². The van der Waals surface area contributed by atoms with Crippen LogP contribution >= 0.6 is 0 Å². The monoisotopic (exact) mass is 453 g/mol. The Kier molecular flexibility index (Phi) is 6.55. The first kappa shape index (κ1) is 23.4. The lowest BCUT2D eigenvalue weighted by atomic mass is 9.68. The molecule has 6 heteroatoms. The predicted molar refractivity (Wildman–Crippen MR) is 126 cm³/mol. The van der Waals surface area contributed by atoms with Gasteiger partial charge in [-0.3, -0.25) is 4.79 Å². The molecule has 0 radical (unpaired) electrons. The summed E-state index contributed by atoms with van der Waals surface area (Å²) in [7, 11) is 3.20. The Morgan fingerprint density at radius 3 is 2.45 bits per heavy atom. The van der Waals surface area contributed by atoms with Crippen molar-refractivity contribution >= 4 is 11.8 Å². The Morgan fingerprint density at radius 1 is 1.06 bits per heavy atom. The van der Waals surface area contributed by atoms with E-state index in [2.05, 4.69) is 19.2 Å². The Balaban J connectivity index is 1.83. The van der Waals surface area contributed by atoms with Gasteiger partial charge >= 0.3 is 5.97 Å². The summed E-state index contributed by atoms with van der Waals surface area (Å²) in [5.41, 5.74) is 3.34. The molecule has 178 valence electrons. The minimum atomic E-state index is -0.564. The average Bonchev–Trinajstić information content (AvgIpc) is 2.77. The van der Waals surface area contributed by atoms with Gasteiger partial charge in [-0.25, -0.2) is 4.79 Å². The van der Waals surface area contributed by atoms with Gasteiger partial charge in [0.1, 0.15) is 17.6 Å². The maximum atomic E-state index is 13.6. The molecule has 1 atom stereocenters. The molecule has 0 unspecified atom stereocenters. The first-order chi connectivity index (χ1) is 15.7. The van der Waals surface area contributed by atoms with E-state index in [4.69, 9.17) is 14.2 Å². The van der Waals surface area contributed by atoms with Gasteiger partial charge in [0.2, 0.25) is 0 Å². The van der Waals surface area contributed by atoms with E-state index < -0.39 is 5.92 Å². The van der Waals surface area contributed by atoms with Crippen LogP contribution in [0.3, 0.4) is 0 Å². The number of methoxy groups -OCH3 is 2. The lowest BCUT2D eigenvalue weighted by Gasteiger charge is -2.40. The smallest absolute Gasteiger partial charge is 0.337 e. The Hall–Kier alpha value is -2.76. The third kappa shape index (κ3) is 4.66. The fraction of sp³-hybridized carbons (Fsp3) is 0.556. The van der Waals surface area contributed by atoms with Gasteiger partial charge in [0.25, 0.3) is 0 Å². The Labute approximate surface area is 196 Å². The number of rotatable bonds is 5. The zero-order chi connectivity index (χ0) is 23.8. The van der Waals surface area contributed by atoms with Crippen molar-refractivity contribution in [3.63, 3.8) is 0 Å². The highest BCUT2D eigenvalue weighted by atomic mass is 16.5. The summed E-state index contributed by atoms with van der Waals surface area (Å²) in [6.07, 6.45) is 6.20. The minimum absolute atomic E-state index is 0.0547. The van der Waals surface area contributed by atoms with Crippen LogP contribution in [-0.4, -0.2) is 32.1 Å². The van der Waals surface area contributed by atoms with Crippen molar-refractivity contribution in [3.05, 3.63) is 46.3 Å². The van der Waals surface area contributed by atoms with Crippen LogP contribution in [-0.2, 0) is 14.3 Å². The molecule has 0 amide bonds. The van der Waals surface area contributed by atoms with E-state index in [1.165, 1.54) is 6.42 Å². The van der Waals surface area contributed by atoms with Crippen LogP contribution in [0, 0.1) is 5.41 Å². The van der Waals surface area contributed by atoms with Gasteiger partial charge in [-0.15, -0.1) is 0 Å². The number of hydrogen-bond donors (Lipinski definition) is 1. The number of Topliss-reactive ketones (excluding diaryl/α,β-unsaturated/α-hetero) is 1. The molecule has 0 saturated heterocycles. The predicted octanol–water partition coefficient (Wildman–Crippen LogP) is 5.18. The molecule has 0 aromatic heterocycles. The molecular weight excluding hydrogens is 418 g/mol. The number of dihydropyridines is 1. The van der Waals surface area contributed by atoms with Gasteiger partial charge < -0.3 is 19.5 Å². The Morgan fingerprint density at radius 2 is 1.79 bits per heavy atom. The second-order valence-electron chi connectivity index (χ2n) is 10.2. The molecule has 1 heterocycles. The summed E-state index contributed by atoms with van der Waals surface area (Å²) in [5.74, 6) is 0.395. The van der Waals surface area contributed by atoms with Gasteiger partial charge in [-0.1, -0.05) is 20.3 Å². The summed E-state index contributed by atoms with van der Waals surface area (Å²) in [5, 5.41) is 3.40. The molecule has 1 fully saturated rings. The van der Waals surface area contributed by atoms with Crippen molar-refractivity contribution in [1.82, 2.24) is 5.32 Å². The number of carbonyl (C=O) groups is 2. The molecular formula is C27H35NO5. The van der Waals surface area contributed by atoms with Crippen molar-refractivity contribution < 1.29 is 23.8 Å². The fourth-order valence-corrected chi connectivity index (χ4v) is 5.48. The molecule has 1 saturated carbocycles. The average molecular weight is 454 g/mol. The SMILES string of the molecule is COc1ccc(OC)c([C@H]2C(C(=O)OC3CCCCC3)=C(C)NC3=C2C(=O)CC(C)(C)C3)c1. The van der Waals surface area contributed by atoms with Crippen LogP contribution in [0.2, 0.25) is 0 Å². The quantitative estimate of drug-likeness (QED) is 0.619. The number of benzene rings is 1. The molecule has 1 aliphatic heterocycles. The molecule has 2 aliphatic carbocycles. The van der Waals surface area contributed by atoms with Crippen molar-refractivity contribution in [2.45, 2.75) is 77.7 Å². The van der Waals surface area contributed by atoms with Gasteiger partial charge in [-0.05, 0) is 62.6 Å². The zero-order valence-corrected chi connectivity index (χ0v) is 20.4. The van der Waals surface area contributed by atoms with Crippen molar-refractivity contribution in [2.24, 2.45) is 5.41 Å². The van der Waals surface area contributed by atoms with Crippen molar-refractivity contribution in [3.8, 4) is 11.5 Å². The topological polar surface area (TPSA) is 73.9 Å². The molecule has 3 aliphatic rings.